The largest absolute Gasteiger partial charge is 0.494 e. The Morgan fingerprint density at radius 1 is 0.575 bits per heavy atom. The second-order valence-corrected chi connectivity index (χ2v) is 18.8. The third-order valence-corrected chi connectivity index (χ3v) is 12.5. The average molecular weight is 1060 g/mol. The summed E-state index contributed by atoms with van der Waals surface area (Å²) in [7, 11) is 1.43. The number of nitrogens with zero attached hydrogens (tertiary/aromatic N) is 5. The molecule has 6 rings (SSSR count). The number of unbranched alkanes of at least 4 members (excludes halogenated alkanes) is 2. The van der Waals surface area contributed by atoms with Gasteiger partial charge < -0.3 is 14.2 Å². The monoisotopic (exact) mass is 1060 g/mol. The molecule has 0 spiro atoms. The number of aromatic amines is 1. The van der Waals surface area contributed by atoms with Crippen molar-refractivity contribution in [3.63, 3.8) is 0 Å². The predicted molar refractivity (Wildman–Crippen MR) is 268 cm³/mol. The number of ketones is 2. The van der Waals surface area contributed by atoms with Gasteiger partial charge in [-0.15, -0.1) is 0 Å². The number of rotatable bonds is 21. The van der Waals surface area contributed by atoms with Crippen molar-refractivity contribution in [1.82, 2.24) is 29.9 Å². The van der Waals surface area contributed by atoms with Crippen LogP contribution in [0.4, 0.5) is 26.3 Å². The summed E-state index contributed by atoms with van der Waals surface area (Å²) >= 11 is 12.8. The van der Waals surface area contributed by atoms with Gasteiger partial charge >= 0.3 is 24.1 Å². The first-order valence-corrected chi connectivity index (χ1v) is 24.2. The minimum atomic E-state index is -4.63. The van der Waals surface area contributed by atoms with Gasteiger partial charge in [0, 0.05) is 35.1 Å². The van der Waals surface area contributed by atoms with Gasteiger partial charge in [0.25, 0.3) is 0 Å². The topological polar surface area (TPSA) is 159 Å². The van der Waals surface area contributed by atoms with Crippen LogP contribution in [-0.2, 0) is 22.4 Å². The summed E-state index contributed by atoms with van der Waals surface area (Å²) in [5.41, 5.74) is -2.17. The molecule has 12 nitrogen and oxygen atoms in total. The fraction of sp³-hybridized carbons (Fsp3) is 0.396. The summed E-state index contributed by atoms with van der Waals surface area (Å²) in [6, 6.07) is 24.1. The SMILES string of the molecule is CCCCOc1ccc(-c2nc(-c3cc(CCC(=O)C(C)(C)C(F)(F)F)ccc3Cl)[nH]c(=O)n2)cc1.CCCCOc1ccc(-c2nc(OC)nc(-c3cc(CCC(=O)C(C)(C)C(F)(F)F)ccc3Cl)n2)cc1. The minimum Gasteiger partial charge on any atom is -0.494 e. The van der Waals surface area contributed by atoms with E-state index in [0.29, 0.717) is 63.2 Å². The van der Waals surface area contributed by atoms with Gasteiger partial charge in [0.05, 0.1) is 30.4 Å². The number of carbonyl (C=O) groups excluding carboxylic acids is 2. The first kappa shape index (κ1) is 57.5. The van der Waals surface area contributed by atoms with E-state index in [2.05, 4.69) is 43.8 Å². The van der Waals surface area contributed by atoms with Gasteiger partial charge in [-0.05, 0) is 137 Å². The van der Waals surface area contributed by atoms with Gasteiger partial charge in [0.15, 0.2) is 17.5 Å². The van der Waals surface area contributed by atoms with E-state index in [1.165, 1.54) is 7.11 Å². The van der Waals surface area contributed by atoms with Gasteiger partial charge in [-0.3, -0.25) is 14.6 Å². The molecule has 0 bridgehead atoms. The van der Waals surface area contributed by atoms with Crippen LogP contribution in [0.2, 0.25) is 10.0 Å². The van der Waals surface area contributed by atoms with Crippen molar-refractivity contribution < 1.29 is 50.1 Å². The quantitative estimate of drug-likeness (QED) is 0.0540. The van der Waals surface area contributed by atoms with Crippen molar-refractivity contribution in [3.05, 3.63) is 117 Å². The number of nitrogens with one attached hydrogen (secondary N) is 1. The van der Waals surface area contributed by atoms with Crippen molar-refractivity contribution >= 4 is 34.8 Å². The number of carbonyl (C=O) groups is 2. The van der Waals surface area contributed by atoms with Crippen molar-refractivity contribution in [3.8, 4) is 63.1 Å². The fourth-order valence-corrected chi connectivity index (χ4v) is 7.08. The van der Waals surface area contributed by atoms with E-state index in [1.807, 2.05) is 24.3 Å². The highest BCUT2D eigenvalue weighted by Crippen LogP contribution is 2.41. The molecule has 73 heavy (non-hydrogen) atoms. The summed E-state index contributed by atoms with van der Waals surface area (Å²) in [6.07, 6.45) is -5.68. The van der Waals surface area contributed by atoms with Crippen LogP contribution in [0.25, 0.3) is 45.6 Å². The number of benzene rings is 4. The molecule has 0 aliphatic heterocycles. The van der Waals surface area contributed by atoms with Gasteiger partial charge in [-0.1, -0.05) is 62.0 Å². The maximum absolute atomic E-state index is 13.2. The maximum Gasteiger partial charge on any atom is 0.400 e. The highest BCUT2D eigenvalue weighted by molar-refractivity contribution is 6.33. The Hall–Kier alpha value is -6.40. The Balaban J connectivity index is 0.000000271. The Kier molecular flexibility index (Phi) is 19.7. The van der Waals surface area contributed by atoms with Crippen molar-refractivity contribution in [1.29, 1.82) is 0 Å². The second kappa shape index (κ2) is 25.0. The van der Waals surface area contributed by atoms with E-state index in [1.54, 1.807) is 60.7 Å². The molecule has 2 aromatic heterocycles. The number of H-pyrrole nitrogens is 1. The van der Waals surface area contributed by atoms with E-state index in [9.17, 15) is 40.7 Å². The van der Waals surface area contributed by atoms with Gasteiger partial charge in [-0.25, -0.2) is 14.8 Å². The lowest BCUT2D eigenvalue weighted by Crippen LogP contribution is -2.39. The Morgan fingerprint density at radius 2 is 1.00 bits per heavy atom. The van der Waals surface area contributed by atoms with Gasteiger partial charge in [0.1, 0.15) is 39.7 Å². The highest BCUT2D eigenvalue weighted by Gasteiger charge is 2.52. The molecule has 0 aliphatic rings. The summed E-state index contributed by atoms with van der Waals surface area (Å²) in [4.78, 5) is 60.9. The molecule has 1 N–H and O–H groups in total. The average Bonchev–Trinajstić information content (AvgIpc) is 3.35. The van der Waals surface area contributed by atoms with E-state index >= 15 is 0 Å². The Bertz CT molecular complexity index is 2890. The van der Waals surface area contributed by atoms with Crippen LogP contribution in [0.1, 0.15) is 91.2 Å². The molecule has 4 aromatic carbocycles. The first-order chi connectivity index (χ1) is 34.4. The van der Waals surface area contributed by atoms with Gasteiger partial charge in [-0.2, -0.15) is 41.3 Å². The van der Waals surface area contributed by atoms with Crippen LogP contribution in [0.5, 0.6) is 17.5 Å². The molecule has 0 fully saturated rings. The molecule has 0 aliphatic carbocycles. The summed E-state index contributed by atoms with van der Waals surface area (Å²) < 4.78 is 95.7. The highest BCUT2D eigenvalue weighted by atomic mass is 35.5. The molecule has 0 amide bonds. The molecular weight excluding hydrogens is 1000 g/mol. The number of ether oxygens (including phenoxy) is 3. The number of aromatic nitrogens is 6. The number of aryl methyl sites for hydroxylation is 2. The molecule has 0 atom stereocenters. The molecule has 390 valence electrons. The zero-order valence-electron chi connectivity index (χ0n) is 41.4. The fourth-order valence-electron chi connectivity index (χ4n) is 6.67. The Morgan fingerprint density at radius 3 is 1.44 bits per heavy atom. The molecular formula is C53H56Cl2F6N6O6. The van der Waals surface area contributed by atoms with Crippen LogP contribution in [0.15, 0.2) is 89.7 Å². The minimum absolute atomic E-state index is 0.0736. The molecule has 0 unspecified atom stereocenters. The normalized spacial score (nSPS) is 11.9. The van der Waals surface area contributed by atoms with Gasteiger partial charge in [0.2, 0.25) is 0 Å². The van der Waals surface area contributed by atoms with Crippen LogP contribution in [-0.4, -0.2) is 74.1 Å². The van der Waals surface area contributed by atoms with Crippen molar-refractivity contribution in [2.24, 2.45) is 10.8 Å². The molecule has 20 heteroatoms. The van der Waals surface area contributed by atoms with Crippen LogP contribution >= 0.6 is 23.2 Å². The lowest BCUT2D eigenvalue weighted by atomic mass is 9.84. The second-order valence-electron chi connectivity index (χ2n) is 18.0. The number of halogens is 8. The lowest BCUT2D eigenvalue weighted by molar-refractivity contribution is -0.211. The molecule has 0 saturated heterocycles. The number of hydrogen-bond acceptors (Lipinski definition) is 11. The van der Waals surface area contributed by atoms with E-state index in [4.69, 9.17) is 37.4 Å². The van der Waals surface area contributed by atoms with E-state index in [0.717, 1.165) is 59.1 Å². The lowest BCUT2D eigenvalue weighted by Gasteiger charge is -2.26. The predicted octanol–water partition coefficient (Wildman–Crippen LogP) is 13.6. The standard InChI is InChI=1S/C27H29ClF3N3O3.C26H27ClF3N3O3/c1-5-6-15-37-19-11-9-18(10-12-19)23-32-24(34-25(33-23)36-4)20-16-17(7-13-21(20)28)8-14-22(35)26(2,3)27(29,30)31;1-4-5-14-36-18-10-8-17(9-11-18)22-31-23(33-24(35)32-22)19-15-16(6-12-20(19)27)7-13-21(34)25(2,3)26(28,29)30/h7,9-13,16H,5-6,8,14-15H2,1-4H3;6,8-12,15H,4-5,7,13-14H2,1-3H3,(H,31,32,33,35). The summed E-state index contributed by atoms with van der Waals surface area (Å²) in [5, 5.41) is 0.616. The zero-order chi connectivity index (χ0) is 53.7. The van der Waals surface area contributed by atoms with Crippen LogP contribution in [0, 0.1) is 10.8 Å². The van der Waals surface area contributed by atoms with E-state index < -0.39 is 40.4 Å². The number of alkyl halides is 6. The van der Waals surface area contributed by atoms with Crippen LogP contribution in [0.3, 0.4) is 0 Å². The third kappa shape index (κ3) is 15.3. The number of Topliss-reactive ketones (excluding diaryl/α,β-unsaturated/α-hetero) is 2. The Labute approximate surface area is 429 Å². The first-order valence-electron chi connectivity index (χ1n) is 23.4. The molecule has 2 heterocycles. The summed E-state index contributed by atoms with van der Waals surface area (Å²) in [5.74, 6) is 0.548. The number of methoxy groups -OCH3 is 1. The molecule has 0 saturated carbocycles. The summed E-state index contributed by atoms with van der Waals surface area (Å²) in [6.45, 7) is 8.94. The van der Waals surface area contributed by atoms with Crippen LogP contribution < -0.4 is 19.9 Å². The van der Waals surface area contributed by atoms with Crippen molar-refractivity contribution in [2.45, 2.75) is 105 Å². The molecule has 6 aromatic rings. The third-order valence-electron chi connectivity index (χ3n) is 11.9. The molecule has 0 radical (unpaired) electrons. The number of hydrogen-bond donors (Lipinski definition) is 1. The van der Waals surface area contributed by atoms with E-state index in [-0.39, 0.29) is 54.2 Å². The maximum atomic E-state index is 13.2. The smallest absolute Gasteiger partial charge is 0.400 e. The zero-order valence-corrected chi connectivity index (χ0v) is 42.9. The van der Waals surface area contributed by atoms with Crippen molar-refractivity contribution in [2.75, 3.05) is 20.3 Å².